The molecule has 0 heterocycles. The van der Waals surface area contributed by atoms with E-state index in [2.05, 4.69) is 0 Å². The molecule has 0 spiro atoms. The fourth-order valence-electron chi connectivity index (χ4n) is 0. The molecule has 0 aliphatic heterocycles. The average Bonchev–Trinajstić information content (AvgIpc) is 1.76. The van der Waals surface area contributed by atoms with Crippen LogP contribution < -0.4 is 6.15 Å². The number of quaternary nitrogens is 1. The van der Waals surface area contributed by atoms with Gasteiger partial charge in [-0.1, -0.05) is 0 Å². The van der Waals surface area contributed by atoms with Gasteiger partial charge in [0.2, 0.25) is 0 Å². The molecule has 0 aliphatic carbocycles. The zero-order valence-corrected chi connectivity index (χ0v) is 12.1. The van der Waals surface area contributed by atoms with Crippen molar-refractivity contribution >= 4 is 0 Å². The molecular formula is H16FeN5O18. The van der Waals surface area contributed by atoms with E-state index in [1.807, 2.05) is 0 Å². The molecule has 0 aliphatic rings. The van der Waals surface area contributed by atoms with Crippen LogP contribution in [0.4, 0.5) is 0 Å². The van der Waals surface area contributed by atoms with Crippen molar-refractivity contribution in [1.82, 2.24) is 6.15 Å². The van der Waals surface area contributed by atoms with Gasteiger partial charge >= 0.3 is 17.1 Å². The van der Waals surface area contributed by atoms with Crippen molar-refractivity contribution in [3.05, 3.63) is 61.3 Å². The summed E-state index contributed by atoms with van der Waals surface area (Å²) in [6.07, 6.45) is 0. The van der Waals surface area contributed by atoms with Gasteiger partial charge in [-0.2, -0.15) is 0 Å². The van der Waals surface area contributed by atoms with Crippen LogP contribution in [-0.2, 0) is 17.1 Å². The Morgan fingerprint density at radius 1 is 0.375 bits per heavy atom. The first-order valence-electron chi connectivity index (χ1n) is 2.19. The fourth-order valence-corrected chi connectivity index (χ4v) is 0. The molecule has 24 heteroatoms. The Morgan fingerprint density at radius 3 is 0.375 bits per heavy atom. The molecule has 0 amide bonds. The molecule has 16 N–H and O–H groups in total. The summed E-state index contributed by atoms with van der Waals surface area (Å²) in [5.41, 5.74) is 0. The van der Waals surface area contributed by atoms with E-state index in [0.29, 0.717) is 0 Å². The standard InChI is InChI=1S/Fe.4NO3.H3N.6H2O/c;4*2-1(3)4;;;;;;;/h;;;;;1H3;6*1H2/q+3;4*-1;;;;;;;/p+1. The van der Waals surface area contributed by atoms with Gasteiger partial charge in [0.15, 0.2) is 0 Å². The van der Waals surface area contributed by atoms with E-state index in [1.165, 1.54) is 0 Å². The van der Waals surface area contributed by atoms with Crippen molar-refractivity contribution in [3.8, 4) is 0 Å². The Bertz CT molecular complexity index is 163. The van der Waals surface area contributed by atoms with Crippen LogP contribution in [0, 0.1) is 61.3 Å². The molecule has 0 bridgehead atoms. The molecule has 0 aromatic rings. The number of rotatable bonds is 0. The van der Waals surface area contributed by atoms with E-state index in [0.717, 1.165) is 0 Å². The molecule has 157 valence electrons. The quantitative estimate of drug-likeness (QED) is 0.213. The largest absolute Gasteiger partial charge is 3.00 e. The first kappa shape index (κ1) is 103. The van der Waals surface area contributed by atoms with Crippen molar-refractivity contribution in [3.63, 3.8) is 0 Å². The van der Waals surface area contributed by atoms with Crippen LogP contribution >= 0.6 is 0 Å². The second-order valence-corrected chi connectivity index (χ2v) is 0.894. The Balaban J connectivity index is -0.00000000720. The summed E-state index contributed by atoms with van der Waals surface area (Å²) >= 11 is 0. The summed E-state index contributed by atoms with van der Waals surface area (Å²) in [7, 11) is 0. The summed E-state index contributed by atoms with van der Waals surface area (Å²) in [6.45, 7) is 0. The smallest absolute Gasteiger partial charge is 0.412 e. The Hall–Kier alpha value is -2.96. The third-order valence-corrected chi connectivity index (χ3v) is 0. The van der Waals surface area contributed by atoms with Gasteiger partial charge in [-0.25, -0.2) is 0 Å². The van der Waals surface area contributed by atoms with E-state index in [4.69, 9.17) is 61.3 Å². The van der Waals surface area contributed by atoms with Crippen molar-refractivity contribution in [1.29, 1.82) is 0 Å². The maximum Gasteiger partial charge on any atom is 3.00 e. The summed E-state index contributed by atoms with van der Waals surface area (Å²) in [4.78, 5) is 33.0. The summed E-state index contributed by atoms with van der Waals surface area (Å²) in [5, 5.41) is 59.0. The maximum absolute atomic E-state index is 8.25. The minimum atomic E-state index is -1.75. The molecule has 0 unspecified atom stereocenters. The van der Waals surface area contributed by atoms with E-state index in [1.54, 1.807) is 0 Å². The predicted molar refractivity (Wildman–Crippen MR) is 69.1 cm³/mol. The van der Waals surface area contributed by atoms with Crippen molar-refractivity contribution in [2.24, 2.45) is 0 Å². The van der Waals surface area contributed by atoms with E-state index in [9.17, 15) is 0 Å². The molecule has 0 aromatic heterocycles. The Labute approximate surface area is 139 Å². The van der Waals surface area contributed by atoms with Gasteiger partial charge in [0.25, 0.3) is 0 Å². The molecule has 0 saturated heterocycles. The van der Waals surface area contributed by atoms with Crippen LogP contribution in [0.15, 0.2) is 0 Å². The molecule has 23 nitrogen and oxygen atoms in total. The summed E-state index contributed by atoms with van der Waals surface area (Å²) in [5.74, 6) is 0. The van der Waals surface area contributed by atoms with Crippen LogP contribution in [-0.4, -0.2) is 53.2 Å². The zero-order valence-electron chi connectivity index (χ0n) is 11.0. The fraction of sp³-hybridized carbons (Fsp3) is 0. The van der Waals surface area contributed by atoms with Crippen LogP contribution in [0.5, 0.6) is 0 Å². The zero-order chi connectivity index (χ0) is 14.3. The van der Waals surface area contributed by atoms with Gasteiger partial charge in [-0.15, -0.1) is 0 Å². The first-order chi connectivity index (χ1) is 6.93. The number of hydrogen-bond acceptors (Lipinski definition) is 12. The predicted octanol–water partition coefficient (Wildman–Crippen LogP) is -5.53. The van der Waals surface area contributed by atoms with Crippen LogP contribution in [0.3, 0.4) is 0 Å². The van der Waals surface area contributed by atoms with Gasteiger partial charge in [-0.05, 0) is 0 Å². The normalized spacial score (nSPS) is 4.00. The topological polar surface area (TPSA) is 490 Å². The summed E-state index contributed by atoms with van der Waals surface area (Å²) in [6, 6.07) is 0. The Kier molecular flexibility index (Phi) is 383. The molecule has 0 atom stereocenters. The van der Waals surface area contributed by atoms with Gasteiger partial charge in [0.1, 0.15) is 0 Å². The SMILES string of the molecule is O.O.O.O.O.O.O=[N+]([O-])[O-].O=[N+]([O-])[O-].O=[N+]([O-])[O-].O=[N+]([O-])[O-].[Fe+3].[NH4+]. The molecular weight excluding hydrogens is 414 g/mol. The average molecular weight is 430 g/mol. The maximum atomic E-state index is 8.25. The number of hydrogen-bond donors (Lipinski definition) is 1. The van der Waals surface area contributed by atoms with Crippen molar-refractivity contribution in [2.75, 3.05) is 0 Å². The van der Waals surface area contributed by atoms with Crippen molar-refractivity contribution < 1.29 is 70.3 Å². The van der Waals surface area contributed by atoms with Gasteiger partial charge in [0, 0.05) is 0 Å². The van der Waals surface area contributed by atoms with Gasteiger partial charge in [-0.3, -0.25) is 0 Å². The minimum Gasteiger partial charge on any atom is -0.412 e. The van der Waals surface area contributed by atoms with Crippen LogP contribution in [0.1, 0.15) is 0 Å². The molecule has 1 radical (unpaired) electrons. The van der Waals surface area contributed by atoms with Gasteiger partial charge in [0.05, 0.1) is 20.3 Å². The molecule has 0 aromatic carbocycles. The third-order valence-electron chi connectivity index (χ3n) is 0. The molecule has 0 fully saturated rings. The second kappa shape index (κ2) is 88.9. The Morgan fingerprint density at radius 2 is 0.375 bits per heavy atom. The van der Waals surface area contributed by atoms with E-state index >= 15 is 0 Å². The molecule has 0 saturated carbocycles. The monoisotopic (exact) mass is 430 g/mol. The van der Waals surface area contributed by atoms with E-state index < -0.39 is 20.3 Å². The van der Waals surface area contributed by atoms with E-state index in [-0.39, 0.29) is 56.1 Å². The van der Waals surface area contributed by atoms with Crippen LogP contribution in [0.25, 0.3) is 0 Å². The molecule has 24 heavy (non-hydrogen) atoms. The number of nitrogens with zero attached hydrogens (tertiary/aromatic N) is 4. The summed E-state index contributed by atoms with van der Waals surface area (Å²) < 4.78 is 0. The van der Waals surface area contributed by atoms with Crippen molar-refractivity contribution in [2.45, 2.75) is 0 Å². The minimum absolute atomic E-state index is 0. The second-order valence-electron chi connectivity index (χ2n) is 0.894. The third kappa shape index (κ3) is 707. The molecule has 0 rings (SSSR count). The van der Waals surface area contributed by atoms with Gasteiger partial charge < -0.3 is 100 Å². The van der Waals surface area contributed by atoms with Crippen LogP contribution in [0.2, 0.25) is 0 Å². The first-order valence-corrected chi connectivity index (χ1v) is 2.19.